The number of aromatic nitrogens is 1. The second kappa shape index (κ2) is 8.24. The summed E-state index contributed by atoms with van der Waals surface area (Å²) < 4.78 is 44.6. The number of ether oxygens (including phenoxy) is 1. The van der Waals surface area contributed by atoms with Crippen LogP contribution in [0.15, 0.2) is 53.3 Å². The average Bonchev–Trinajstić information content (AvgIpc) is 3.02. The molecule has 0 aliphatic rings. The van der Waals surface area contributed by atoms with Crippen LogP contribution in [0.1, 0.15) is 33.3 Å². The van der Waals surface area contributed by atoms with Crippen LogP contribution in [-0.4, -0.2) is 17.6 Å². The number of rotatable bonds is 5. The van der Waals surface area contributed by atoms with Gasteiger partial charge in [-0.3, -0.25) is 9.36 Å². The highest BCUT2D eigenvalue weighted by Crippen LogP contribution is 2.30. The second-order valence-electron chi connectivity index (χ2n) is 6.34. The summed E-state index contributed by atoms with van der Waals surface area (Å²) in [6.07, 6.45) is -3.77. The maximum atomic E-state index is 12.8. The van der Waals surface area contributed by atoms with Gasteiger partial charge in [-0.25, -0.2) is 4.79 Å². The molecule has 0 unspecified atom stereocenters. The molecule has 1 aromatic heterocycles. The minimum Gasteiger partial charge on any atom is -0.465 e. The number of nitrogens with zero attached hydrogens (tertiary/aromatic N) is 1. The molecule has 0 bridgehead atoms. The first-order valence-corrected chi connectivity index (χ1v) is 9.63. The van der Waals surface area contributed by atoms with E-state index in [2.05, 4.69) is 0 Å². The van der Waals surface area contributed by atoms with E-state index >= 15 is 0 Å². The van der Waals surface area contributed by atoms with Gasteiger partial charge in [0.25, 0.3) is 0 Å². The van der Waals surface area contributed by atoms with Gasteiger partial charge in [-0.1, -0.05) is 42.5 Å². The lowest BCUT2D eigenvalue weighted by atomic mass is 10.1. The number of alkyl halides is 3. The third-order valence-corrected chi connectivity index (χ3v) is 5.61. The smallest absolute Gasteiger partial charge is 0.416 e. The van der Waals surface area contributed by atoms with Gasteiger partial charge in [0.15, 0.2) is 0 Å². The Morgan fingerprint density at radius 3 is 2.21 bits per heavy atom. The number of esters is 1. The molecule has 3 rings (SSSR count). The van der Waals surface area contributed by atoms with Gasteiger partial charge in [-0.15, -0.1) is 0 Å². The Bertz CT molecular complexity index is 1060. The summed E-state index contributed by atoms with van der Waals surface area (Å²) in [5.41, 5.74) is 1.71. The van der Waals surface area contributed by atoms with E-state index in [0.29, 0.717) is 23.2 Å². The standard InChI is InChI=1S/C21H18F3NO3S/c1-3-17-18(14-6-8-15(9-7-14)19(26)28-2)25(20(27)29-17)12-13-4-10-16(11-5-13)21(22,23)24/h4-11H,3,12H2,1-2H3. The Kier molecular flexibility index (Phi) is 5.93. The van der Waals surface area contributed by atoms with E-state index in [1.165, 1.54) is 19.2 Å². The van der Waals surface area contributed by atoms with Crippen molar-refractivity contribution in [3.05, 3.63) is 79.8 Å². The Morgan fingerprint density at radius 1 is 1.07 bits per heavy atom. The first kappa shape index (κ1) is 20.9. The van der Waals surface area contributed by atoms with E-state index in [1.807, 2.05) is 6.92 Å². The molecule has 1 heterocycles. The maximum absolute atomic E-state index is 12.8. The molecule has 0 fully saturated rings. The number of carbonyl (C=O) groups excluding carboxylic acids is 1. The Labute approximate surface area is 169 Å². The van der Waals surface area contributed by atoms with Gasteiger partial charge in [-0.2, -0.15) is 13.2 Å². The third kappa shape index (κ3) is 4.42. The highest BCUT2D eigenvalue weighted by atomic mass is 32.1. The van der Waals surface area contributed by atoms with Crippen LogP contribution in [0.5, 0.6) is 0 Å². The molecular weight excluding hydrogens is 403 g/mol. The molecule has 2 aromatic carbocycles. The number of carbonyl (C=O) groups is 1. The zero-order valence-electron chi connectivity index (χ0n) is 15.7. The van der Waals surface area contributed by atoms with Crippen molar-refractivity contribution in [3.8, 4) is 11.3 Å². The number of aryl methyl sites for hydroxylation is 1. The van der Waals surface area contributed by atoms with Crippen molar-refractivity contribution < 1.29 is 22.7 Å². The molecule has 4 nitrogen and oxygen atoms in total. The average molecular weight is 421 g/mol. The molecule has 3 aromatic rings. The molecule has 29 heavy (non-hydrogen) atoms. The number of methoxy groups -OCH3 is 1. The Morgan fingerprint density at radius 2 is 1.69 bits per heavy atom. The first-order chi connectivity index (χ1) is 13.7. The normalized spacial score (nSPS) is 11.5. The summed E-state index contributed by atoms with van der Waals surface area (Å²) in [7, 11) is 1.30. The first-order valence-electron chi connectivity index (χ1n) is 8.82. The second-order valence-corrected chi connectivity index (χ2v) is 7.39. The molecule has 0 aliphatic heterocycles. The molecule has 152 valence electrons. The van der Waals surface area contributed by atoms with Gasteiger partial charge in [0.2, 0.25) is 0 Å². The monoisotopic (exact) mass is 421 g/mol. The van der Waals surface area contributed by atoms with Gasteiger partial charge >= 0.3 is 17.0 Å². The zero-order valence-corrected chi connectivity index (χ0v) is 16.6. The quantitative estimate of drug-likeness (QED) is 0.545. The Hall–Kier alpha value is -2.87. The predicted molar refractivity (Wildman–Crippen MR) is 105 cm³/mol. The summed E-state index contributed by atoms with van der Waals surface area (Å²) in [5, 5.41) is 0. The molecular formula is C21H18F3NO3S. The van der Waals surface area contributed by atoms with Crippen LogP contribution in [0.3, 0.4) is 0 Å². The number of benzene rings is 2. The van der Waals surface area contributed by atoms with Gasteiger partial charge in [0.05, 0.1) is 30.5 Å². The van der Waals surface area contributed by atoms with E-state index < -0.39 is 17.7 Å². The summed E-state index contributed by atoms with van der Waals surface area (Å²) in [6, 6.07) is 11.5. The molecule has 0 radical (unpaired) electrons. The SMILES string of the molecule is CCc1sc(=O)n(Cc2ccc(C(F)(F)F)cc2)c1-c1ccc(C(=O)OC)cc1. The lowest BCUT2D eigenvalue weighted by Crippen LogP contribution is -2.15. The fourth-order valence-electron chi connectivity index (χ4n) is 3.01. The topological polar surface area (TPSA) is 48.3 Å². The van der Waals surface area contributed by atoms with Gasteiger partial charge in [0.1, 0.15) is 0 Å². The molecule has 8 heteroatoms. The molecule has 0 atom stereocenters. The number of thiazole rings is 1. The fraction of sp³-hybridized carbons (Fsp3) is 0.238. The molecule has 0 saturated heterocycles. The van der Waals surface area contributed by atoms with Crippen molar-refractivity contribution >= 4 is 17.3 Å². The highest BCUT2D eigenvalue weighted by Gasteiger charge is 2.30. The van der Waals surface area contributed by atoms with Crippen LogP contribution in [0, 0.1) is 0 Å². The van der Waals surface area contributed by atoms with E-state index in [9.17, 15) is 22.8 Å². The van der Waals surface area contributed by atoms with Crippen molar-refractivity contribution in [1.82, 2.24) is 4.57 Å². The molecule has 0 aliphatic carbocycles. The summed E-state index contributed by atoms with van der Waals surface area (Å²) >= 11 is 1.11. The maximum Gasteiger partial charge on any atom is 0.416 e. The van der Waals surface area contributed by atoms with E-state index in [4.69, 9.17) is 4.74 Å². The third-order valence-electron chi connectivity index (χ3n) is 4.49. The largest absolute Gasteiger partial charge is 0.465 e. The minimum atomic E-state index is -4.40. The van der Waals surface area contributed by atoms with E-state index in [1.54, 1.807) is 28.8 Å². The molecule has 0 N–H and O–H groups in total. The van der Waals surface area contributed by atoms with Crippen molar-refractivity contribution in [1.29, 1.82) is 0 Å². The lowest BCUT2D eigenvalue weighted by molar-refractivity contribution is -0.137. The van der Waals surface area contributed by atoms with Gasteiger partial charge in [-0.05, 0) is 41.8 Å². The predicted octanol–water partition coefficient (Wildman–Crippen LogP) is 4.99. The van der Waals surface area contributed by atoms with Crippen LogP contribution in [0.4, 0.5) is 13.2 Å². The minimum absolute atomic E-state index is 0.154. The van der Waals surface area contributed by atoms with Crippen LogP contribution < -0.4 is 4.87 Å². The van der Waals surface area contributed by atoms with E-state index in [0.717, 1.165) is 33.9 Å². The molecule has 0 amide bonds. The molecule has 0 spiro atoms. The number of halogens is 3. The summed E-state index contributed by atoms with van der Waals surface area (Å²) in [4.78, 5) is 24.9. The zero-order chi connectivity index (χ0) is 21.2. The highest BCUT2D eigenvalue weighted by molar-refractivity contribution is 7.09. The number of hydrogen-bond acceptors (Lipinski definition) is 4. The Balaban J connectivity index is 1.99. The van der Waals surface area contributed by atoms with Crippen molar-refractivity contribution in [2.45, 2.75) is 26.1 Å². The van der Waals surface area contributed by atoms with E-state index in [-0.39, 0.29) is 11.4 Å². The summed E-state index contributed by atoms with van der Waals surface area (Å²) in [5.74, 6) is -0.459. The lowest BCUT2D eigenvalue weighted by Gasteiger charge is -2.12. The van der Waals surface area contributed by atoms with Crippen molar-refractivity contribution in [2.75, 3.05) is 7.11 Å². The van der Waals surface area contributed by atoms with Gasteiger partial charge < -0.3 is 4.74 Å². The van der Waals surface area contributed by atoms with Crippen molar-refractivity contribution in [3.63, 3.8) is 0 Å². The van der Waals surface area contributed by atoms with Crippen LogP contribution >= 0.6 is 11.3 Å². The molecule has 0 saturated carbocycles. The van der Waals surface area contributed by atoms with Crippen LogP contribution in [0.2, 0.25) is 0 Å². The van der Waals surface area contributed by atoms with Gasteiger partial charge in [0, 0.05) is 4.88 Å². The van der Waals surface area contributed by atoms with Crippen molar-refractivity contribution in [2.24, 2.45) is 0 Å². The summed E-state index contributed by atoms with van der Waals surface area (Å²) in [6.45, 7) is 2.08. The fourth-order valence-corrected chi connectivity index (χ4v) is 3.96. The van der Waals surface area contributed by atoms with Crippen LogP contribution in [-0.2, 0) is 23.9 Å². The number of hydrogen-bond donors (Lipinski definition) is 0. The van der Waals surface area contributed by atoms with Crippen LogP contribution in [0.25, 0.3) is 11.3 Å².